The van der Waals surface area contributed by atoms with E-state index in [0.717, 1.165) is 12.8 Å². The number of nitrogens with one attached hydrogen (secondary N) is 3. The number of likely N-dealkylation sites (tertiary alicyclic amines) is 1. The van der Waals surface area contributed by atoms with Gasteiger partial charge in [0.25, 0.3) is 0 Å². The molecule has 2 heterocycles. The highest BCUT2D eigenvalue weighted by Crippen LogP contribution is 2.29. The quantitative estimate of drug-likeness (QED) is 0.354. The summed E-state index contributed by atoms with van der Waals surface area (Å²) in [6, 6.07) is -1.80. The number of alkyl halides is 3. The van der Waals surface area contributed by atoms with E-state index in [1.165, 1.54) is 25.7 Å². The number of hydrogen-bond donors (Lipinski definition) is 3. The van der Waals surface area contributed by atoms with E-state index in [1.807, 2.05) is 25.2 Å². The normalized spacial score (nSPS) is 23.2. The van der Waals surface area contributed by atoms with E-state index < -0.39 is 53.4 Å². The molecule has 4 amide bonds. The van der Waals surface area contributed by atoms with Gasteiger partial charge in [0.05, 0.1) is 6.07 Å². The number of nitriles is 1. The molecule has 0 spiro atoms. The van der Waals surface area contributed by atoms with Gasteiger partial charge in [-0.3, -0.25) is 24.1 Å². The minimum Gasteiger partial charge on any atom is -0.356 e. The van der Waals surface area contributed by atoms with Gasteiger partial charge in [-0.2, -0.15) is 18.4 Å². The van der Waals surface area contributed by atoms with Crippen molar-refractivity contribution >= 4 is 23.6 Å². The predicted octanol–water partition coefficient (Wildman–Crippen LogP) is 1.71. The molecule has 13 heteroatoms. The van der Waals surface area contributed by atoms with Crippen LogP contribution in [0.15, 0.2) is 0 Å². The third-order valence-electron chi connectivity index (χ3n) is 7.20. The summed E-state index contributed by atoms with van der Waals surface area (Å²) in [5, 5.41) is 16.8. The summed E-state index contributed by atoms with van der Waals surface area (Å²) in [4.78, 5) is 54.4. The van der Waals surface area contributed by atoms with Crippen molar-refractivity contribution in [3.05, 3.63) is 0 Å². The molecule has 1 unspecified atom stereocenters. The maximum absolute atomic E-state index is 13.8. The summed E-state index contributed by atoms with van der Waals surface area (Å²) >= 11 is 0. The number of hydrogen-bond acceptors (Lipinski definition) is 6. The lowest BCUT2D eigenvalue weighted by Gasteiger charge is -2.36. The van der Waals surface area contributed by atoms with Crippen molar-refractivity contribution in [1.82, 2.24) is 25.8 Å². The lowest BCUT2D eigenvalue weighted by molar-refractivity contribution is -0.176. The van der Waals surface area contributed by atoms with E-state index >= 15 is 0 Å². The Labute approximate surface area is 228 Å². The number of nitrogens with zero attached hydrogens (tertiary/aromatic N) is 3. The van der Waals surface area contributed by atoms with Gasteiger partial charge in [-0.1, -0.05) is 34.6 Å². The number of carbonyl (C=O) groups excluding carboxylic acids is 4. The Hall–Kier alpha value is -2.88. The fourth-order valence-corrected chi connectivity index (χ4v) is 5.22. The molecule has 0 saturated carbocycles. The van der Waals surface area contributed by atoms with Crippen LogP contribution in [0.25, 0.3) is 0 Å². The highest BCUT2D eigenvalue weighted by Gasteiger charge is 2.49. The van der Waals surface area contributed by atoms with Crippen molar-refractivity contribution in [2.45, 2.75) is 97.1 Å². The Morgan fingerprint density at radius 2 is 1.77 bits per heavy atom. The van der Waals surface area contributed by atoms with Crippen LogP contribution < -0.4 is 16.0 Å². The molecule has 39 heavy (non-hydrogen) atoms. The molecule has 10 nitrogen and oxygen atoms in total. The second-order valence-electron chi connectivity index (χ2n) is 11.4. The molecule has 0 radical (unpaired) electrons. The Morgan fingerprint density at radius 3 is 2.23 bits per heavy atom. The first-order valence-electron chi connectivity index (χ1n) is 13.5. The van der Waals surface area contributed by atoms with Gasteiger partial charge < -0.3 is 20.9 Å². The van der Waals surface area contributed by atoms with Gasteiger partial charge >= 0.3 is 12.1 Å². The largest absolute Gasteiger partial charge is 0.471 e. The summed E-state index contributed by atoms with van der Waals surface area (Å²) in [5.41, 5.74) is -1.09. The van der Waals surface area contributed by atoms with E-state index in [9.17, 15) is 37.6 Å². The van der Waals surface area contributed by atoms with Crippen molar-refractivity contribution in [3.63, 3.8) is 0 Å². The smallest absolute Gasteiger partial charge is 0.356 e. The third kappa shape index (κ3) is 8.55. The zero-order valence-electron chi connectivity index (χ0n) is 23.4. The minimum atomic E-state index is -5.18. The zero-order valence-corrected chi connectivity index (χ0v) is 23.4. The lowest BCUT2D eigenvalue weighted by atomic mass is 9.85. The number of halogens is 3. The topological polar surface area (TPSA) is 135 Å². The Morgan fingerprint density at radius 1 is 1.15 bits per heavy atom. The molecule has 0 aromatic rings. The van der Waals surface area contributed by atoms with E-state index in [-0.39, 0.29) is 31.3 Å². The highest BCUT2D eigenvalue weighted by molar-refractivity contribution is 5.94. The van der Waals surface area contributed by atoms with Crippen LogP contribution >= 0.6 is 0 Å². The number of rotatable bonds is 11. The van der Waals surface area contributed by atoms with Gasteiger partial charge in [0.1, 0.15) is 18.1 Å². The Balaban J connectivity index is 2.35. The average Bonchev–Trinajstić information content (AvgIpc) is 3.46. The van der Waals surface area contributed by atoms with Crippen LogP contribution in [0.4, 0.5) is 13.2 Å². The van der Waals surface area contributed by atoms with Gasteiger partial charge in [-0.05, 0) is 50.6 Å². The van der Waals surface area contributed by atoms with Crippen LogP contribution in [-0.2, 0) is 19.2 Å². The molecule has 220 valence electrons. The molecular weight excluding hydrogens is 517 g/mol. The van der Waals surface area contributed by atoms with Crippen molar-refractivity contribution in [3.8, 4) is 6.07 Å². The van der Waals surface area contributed by atoms with Gasteiger partial charge in [0, 0.05) is 25.0 Å². The molecule has 2 aliphatic heterocycles. The SMILES string of the molecule is CCCN(CCC)[C@@H]1C[C@@H](C(=O)NC(C#N)C[C@@H]2CCNC2=O)N(C(=O)[C@@H](NC(=O)C(F)(F)F)C(C)(C)C)C1. The van der Waals surface area contributed by atoms with Gasteiger partial charge in [-0.15, -0.1) is 0 Å². The van der Waals surface area contributed by atoms with Crippen molar-refractivity contribution in [2.24, 2.45) is 11.3 Å². The fraction of sp³-hybridized carbons (Fsp3) is 0.808. The number of amides is 4. The molecule has 0 bridgehead atoms. The maximum atomic E-state index is 13.8. The van der Waals surface area contributed by atoms with Crippen molar-refractivity contribution < 1.29 is 32.3 Å². The Kier molecular flexibility index (Phi) is 11.2. The predicted molar refractivity (Wildman–Crippen MR) is 137 cm³/mol. The molecule has 2 aliphatic rings. The van der Waals surface area contributed by atoms with E-state index in [0.29, 0.717) is 26.1 Å². The van der Waals surface area contributed by atoms with Gasteiger partial charge in [-0.25, -0.2) is 0 Å². The van der Waals surface area contributed by atoms with Gasteiger partial charge in [0.15, 0.2) is 0 Å². The van der Waals surface area contributed by atoms with Crippen molar-refractivity contribution in [2.75, 3.05) is 26.2 Å². The molecule has 2 fully saturated rings. The third-order valence-corrected chi connectivity index (χ3v) is 7.20. The maximum Gasteiger partial charge on any atom is 0.471 e. The summed E-state index contributed by atoms with van der Waals surface area (Å²) in [6.45, 7) is 10.6. The highest BCUT2D eigenvalue weighted by atomic mass is 19.4. The van der Waals surface area contributed by atoms with Crippen molar-refractivity contribution in [1.29, 1.82) is 5.26 Å². The van der Waals surface area contributed by atoms with Crippen LogP contribution in [0.5, 0.6) is 0 Å². The molecule has 0 aliphatic carbocycles. The fourth-order valence-electron chi connectivity index (χ4n) is 5.22. The first-order chi connectivity index (χ1) is 18.1. The summed E-state index contributed by atoms with van der Waals surface area (Å²) in [6.07, 6.45) is -2.65. The summed E-state index contributed by atoms with van der Waals surface area (Å²) in [5.74, 6) is -4.25. The Bertz CT molecular complexity index is 939. The summed E-state index contributed by atoms with van der Waals surface area (Å²) < 4.78 is 39.3. The van der Waals surface area contributed by atoms with Crippen LogP contribution in [0, 0.1) is 22.7 Å². The second kappa shape index (κ2) is 13.5. The number of carbonyl (C=O) groups is 4. The van der Waals surface area contributed by atoms with Crippen LogP contribution in [-0.4, -0.2) is 90.0 Å². The van der Waals surface area contributed by atoms with E-state index in [2.05, 4.69) is 15.5 Å². The molecule has 3 N–H and O–H groups in total. The minimum absolute atomic E-state index is 0.0909. The first kappa shape index (κ1) is 32.3. The molecule has 2 saturated heterocycles. The first-order valence-corrected chi connectivity index (χ1v) is 13.5. The van der Waals surface area contributed by atoms with E-state index in [1.54, 1.807) is 0 Å². The molecule has 2 rings (SSSR count). The molecular formula is C26H41F3N6O4. The van der Waals surface area contributed by atoms with Crippen LogP contribution in [0.1, 0.15) is 66.7 Å². The molecule has 5 atom stereocenters. The molecule has 0 aromatic carbocycles. The zero-order chi connectivity index (χ0) is 29.5. The van der Waals surface area contributed by atoms with Crippen LogP contribution in [0.2, 0.25) is 0 Å². The van der Waals surface area contributed by atoms with E-state index in [4.69, 9.17) is 0 Å². The average molecular weight is 559 g/mol. The standard InChI is InChI=1S/C26H41F3N6O4/c1-6-10-34(11-7-2)18-13-19(22(37)32-17(14-30)12-16-8-9-31-21(16)36)35(15-18)23(38)20(25(3,4)5)33-24(39)26(27,28)29/h16-20H,6-13,15H2,1-5H3,(H,31,36)(H,32,37)(H,33,39)/t16-,17?,18+,19-,20+/m0/s1. The monoisotopic (exact) mass is 558 g/mol. The lowest BCUT2D eigenvalue weighted by Crippen LogP contribution is -2.59. The second-order valence-corrected chi connectivity index (χ2v) is 11.4. The van der Waals surface area contributed by atoms with Gasteiger partial charge in [0.2, 0.25) is 17.7 Å². The summed E-state index contributed by atoms with van der Waals surface area (Å²) in [7, 11) is 0. The van der Waals surface area contributed by atoms with Crippen LogP contribution in [0.3, 0.4) is 0 Å². The molecule has 0 aromatic heterocycles.